The first-order chi connectivity index (χ1) is 11.6. The molecule has 0 aliphatic rings. The summed E-state index contributed by atoms with van der Waals surface area (Å²) in [4.78, 5) is 16.9. The number of carbonyl (C=O) groups excluding carboxylic acids is 1. The number of nitrogens with one attached hydrogen (secondary N) is 1. The molecule has 0 aliphatic carbocycles. The number of hydrogen-bond donors (Lipinski definition) is 1. The van der Waals surface area contributed by atoms with Gasteiger partial charge in [0.05, 0.1) is 4.88 Å². The van der Waals surface area contributed by atoms with Gasteiger partial charge in [-0.1, -0.05) is 24.3 Å². The molecule has 0 unspecified atom stereocenters. The van der Waals surface area contributed by atoms with Gasteiger partial charge in [0.2, 0.25) is 5.88 Å². The van der Waals surface area contributed by atoms with E-state index in [1.807, 2.05) is 49.6 Å². The third-order valence-corrected chi connectivity index (χ3v) is 4.42. The Bertz CT molecular complexity index is 827. The van der Waals surface area contributed by atoms with Crippen LogP contribution in [0.25, 0.3) is 0 Å². The minimum absolute atomic E-state index is 0.0688. The number of thiophene rings is 1. The summed E-state index contributed by atoms with van der Waals surface area (Å²) in [5, 5.41) is 4.76. The fourth-order valence-electron chi connectivity index (χ4n) is 2.18. The van der Waals surface area contributed by atoms with Gasteiger partial charge in [-0.25, -0.2) is 4.98 Å². The molecule has 1 amide bonds. The minimum atomic E-state index is -0.0688. The molecule has 0 atom stereocenters. The zero-order valence-corrected chi connectivity index (χ0v) is 14.4. The van der Waals surface area contributed by atoms with E-state index in [1.54, 1.807) is 12.3 Å². The highest BCUT2D eigenvalue weighted by molar-refractivity contribution is 7.12. The predicted molar refractivity (Wildman–Crippen MR) is 95.7 cm³/mol. The van der Waals surface area contributed by atoms with Crippen LogP contribution in [0.3, 0.4) is 0 Å². The van der Waals surface area contributed by atoms with Crippen molar-refractivity contribution in [3.63, 3.8) is 0 Å². The number of hydrogen-bond acceptors (Lipinski definition) is 4. The highest BCUT2D eigenvalue weighted by Crippen LogP contribution is 2.24. The molecule has 3 aromatic rings. The van der Waals surface area contributed by atoms with Gasteiger partial charge >= 0.3 is 0 Å². The van der Waals surface area contributed by atoms with E-state index in [2.05, 4.69) is 16.4 Å². The first-order valence-corrected chi connectivity index (χ1v) is 8.51. The maximum absolute atomic E-state index is 11.9. The summed E-state index contributed by atoms with van der Waals surface area (Å²) in [6, 6.07) is 13.5. The first kappa shape index (κ1) is 16.2. The van der Waals surface area contributed by atoms with Gasteiger partial charge in [-0.15, -0.1) is 11.3 Å². The van der Waals surface area contributed by atoms with Gasteiger partial charge in [0, 0.05) is 18.8 Å². The zero-order valence-electron chi connectivity index (χ0n) is 13.6. The fourth-order valence-corrected chi connectivity index (χ4v) is 2.82. The van der Waals surface area contributed by atoms with Gasteiger partial charge in [-0.3, -0.25) is 4.79 Å². The van der Waals surface area contributed by atoms with Crippen LogP contribution in [0.5, 0.6) is 11.6 Å². The van der Waals surface area contributed by atoms with E-state index in [9.17, 15) is 4.79 Å². The van der Waals surface area contributed by atoms with Crippen molar-refractivity contribution in [2.45, 2.75) is 20.4 Å². The van der Waals surface area contributed by atoms with Crippen LogP contribution in [-0.2, 0) is 6.54 Å². The zero-order chi connectivity index (χ0) is 16.9. The molecule has 3 rings (SSSR count). The molecule has 0 bridgehead atoms. The molecule has 1 N–H and O–H groups in total. The molecule has 2 aromatic heterocycles. The van der Waals surface area contributed by atoms with Crippen molar-refractivity contribution in [1.82, 2.24) is 10.3 Å². The Morgan fingerprint density at radius 3 is 2.79 bits per heavy atom. The van der Waals surface area contributed by atoms with E-state index < -0.39 is 0 Å². The second kappa shape index (κ2) is 7.27. The molecule has 24 heavy (non-hydrogen) atoms. The quantitative estimate of drug-likeness (QED) is 0.746. The fraction of sp³-hybridized carbons (Fsp3) is 0.158. The average Bonchev–Trinajstić information content (AvgIpc) is 3.12. The number of nitrogens with zero attached hydrogens (tertiary/aromatic N) is 1. The van der Waals surface area contributed by atoms with Crippen LogP contribution in [0.15, 0.2) is 54.0 Å². The van der Waals surface area contributed by atoms with Crippen molar-refractivity contribution in [3.8, 4) is 11.6 Å². The number of aryl methyl sites for hydroxylation is 2. The van der Waals surface area contributed by atoms with Gasteiger partial charge in [0.25, 0.3) is 5.91 Å². The normalized spacial score (nSPS) is 10.4. The highest BCUT2D eigenvalue weighted by atomic mass is 32.1. The Balaban J connectivity index is 1.61. The summed E-state index contributed by atoms with van der Waals surface area (Å²) in [6.45, 7) is 4.47. The SMILES string of the molecule is Cc1ccc(C)c(Oc2ccc(CNC(=O)c3cccs3)cn2)c1. The van der Waals surface area contributed by atoms with Gasteiger partial charge in [-0.2, -0.15) is 0 Å². The molecule has 0 fully saturated rings. The molecule has 2 heterocycles. The Hall–Kier alpha value is -2.66. The molecule has 0 aliphatic heterocycles. The molecule has 0 radical (unpaired) electrons. The van der Waals surface area contributed by atoms with E-state index in [4.69, 9.17) is 4.74 Å². The van der Waals surface area contributed by atoms with Crippen molar-refractivity contribution in [2.24, 2.45) is 0 Å². The summed E-state index contributed by atoms with van der Waals surface area (Å²) < 4.78 is 5.83. The summed E-state index contributed by atoms with van der Waals surface area (Å²) in [5.41, 5.74) is 3.13. The lowest BCUT2D eigenvalue weighted by Crippen LogP contribution is -2.21. The van der Waals surface area contributed by atoms with Gasteiger partial charge in [0.1, 0.15) is 5.75 Å². The number of pyridine rings is 1. The summed E-state index contributed by atoms with van der Waals surface area (Å²) >= 11 is 1.42. The minimum Gasteiger partial charge on any atom is -0.439 e. The van der Waals surface area contributed by atoms with Crippen LogP contribution >= 0.6 is 11.3 Å². The lowest BCUT2D eigenvalue weighted by molar-refractivity contribution is 0.0955. The van der Waals surface area contributed by atoms with Crippen molar-refractivity contribution in [1.29, 1.82) is 0 Å². The van der Waals surface area contributed by atoms with Crippen molar-refractivity contribution in [3.05, 3.63) is 75.6 Å². The molecule has 0 saturated heterocycles. The highest BCUT2D eigenvalue weighted by Gasteiger charge is 2.07. The van der Waals surface area contributed by atoms with Crippen LogP contribution < -0.4 is 10.1 Å². The van der Waals surface area contributed by atoms with E-state index >= 15 is 0 Å². The monoisotopic (exact) mass is 338 g/mol. The van der Waals surface area contributed by atoms with Crippen LogP contribution in [0.4, 0.5) is 0 Å². The molecular weight excluding hydrogens is 320 g/mol. The summed E-state index contributed by atoms with van der Waals surface area (Å²) in [6.07, 6.45) is 1.72. The second-order valence-corrected chi connectivity index (χ2v) is 6.48. The number of ether oxygens (including phenoxy) is 1. The van der Waals surface area contributed by atoms with E-state index in [1.165, 1.54) is 11.3 Å². The van der Waals surface area contributed by atoms with Gasteiger partial charge in [-0.05, 0) is 48.1 Å². The standard InChI is InChI=1S/C19H18N2O2S/c1-13-5-6-14(2)16(10-13)23-18-8-7-15(11-20-18)12-21-19(22)17-4-3-9-24-17/h3-11H,12H2,1-2H3,(H,21,22). The number of carbonyl (C=O) groups is 1. The summed E-state index contributed by atoms with van der Waals surface area (Å²) in [5.74, 6) is 1.28. The van der Waals surface area contributed by atoms with Crippen LogP contribution in [0, 0.1) is 13.8 Å². The van der Waals surface area contributed by atoms with E-state index in [0.717, 1.165) is 22.4 Å². The molecule has 0 saturated carbocycles. The molecule has 5 heteroatoms. The van der Waals surface area contributed by atoms with Crippen LogP contribution in [0.1, 0.15) is 26.4 Å². The Morgan fingerprint density at radius 2 is 2.08 bits per heavy atom. The Morgan fingerprint density at radius 1 is 1.21 bits per heavy atom. The van der Waals surface area contributed by atoms with E-state index in [-0.39, 0.29) is 5.91 Å². The summed E-state index contributed by atoms with van der Waals surface area (Å²) in [7, 11) is 0. The van der Waals surface area contributed by atoms with Crippen molar-refractivity contribution < 1.29 is 9.53 Å². The smallest absolute Gasteiger partial charge is 0.261 e. The second-order valence-electron chi connectivity index (χ2n) is 5.54. The van der Waals surface area contributed by atoms with Crippen LogP contribution in [0.2, 0.25) is 0 Å². The number of amides is 1. The lowest BCUT2D eigenvalue weighted by atomic mass is 10.1. The third kappa shape index (κ3) is 4.00. The molecule has 1 aromatic carbocycles. The molecular formula is C19H18N2O2S. The Labute approximate surface area is 145 Å². The average molecular weight is 338 g/mol. The maximum Gasteiger partial charge on any atom is 0.261 e. The van der Waals surface area contributed by atoms with E-state index in [0.29, 0.717) is 17.3 Å². The number of rotatable bonds is 5. The lowest BCUT2D eigenvalue weighted by Gasteiger charge is -2.09. The third-order valence-electron chi connectivity index (χ3n) is 3.55. The van der Waals surface area contributed by atoms with Gasteiger partial charge < -0.3 is 10.1 Å². The number of benzene rings is 1. The Kier molecular flexibility index (Phi) is 4.91. The maximum atomic E-state index is 11.9. The van der Waals surface area contributed by atoms with Crippen LogP contribution in [-0.4, -0.2) is 10.9 Å². The van der Waals surface area contributed by atoms with Crippen molar-refractivity contribution in [2.75, 3.05) is 0 Å². The predicted octanol–water partition coefficient (Wildman–Crippen LogP) is 4.48. The molecule has 122 valence electrons. The first-order valence-electron chi connectivity index (χ1n) is 7.63. The number of aromatic nitrogens is 1. The largest absolute Gasteiger partial charge is 0.439 e. The van der Waals surface area contributed by atoms with Gasteiger partial charge in [0.15, 0.2) is 0 Å². The molecule has 0 spiro atoms. The topological polar surface area (TPSA) is 51.2 Å². The van der Waals surface area contributed by atoms with Crippen molar-refractivity contribution >= 4 is 17.2 Å². The molecule has 4 nitrogen and oxygen atoms in total.